The van der Waals surface area contributed by atoms with E-state index in [1.807, 2.05) is 6.08 Å². The summed E-state index contributed by atoms with van der Waals surface area (Å²) in [5, 5.41) is 87.1. The number of carbonyl (C=O) groups excluding carboxylic acids is 1. The van der Waals surface area contributed by atoms with Gasteiger partial charge in [0.1, 0.15) is 48.8 Å². The number of rotatable bonds is 49. The molecule has 2 aliphatic rings. The molecular formula is C71H113NO13. The largest absolute Gasteiger partial charge is 0.394 e. The smallest absolute Gasteiger partial charge is 0.220 e. The molecule has 0 spiro atoms. The quantitative estimate of drug-likeness (QED) is 0.0204. The molecule has 14 nitrogen and oxygen atoms in total. The van der Waals surface area contributed by atoms with Crippen molar-refractivity contribution in [1.29, 1.82) is 0 Å². The number of nitrogens with one attached hydrogen (secondary N) is 1. The van der Waals surface area contributed by atoms with Gasteiger partial charge in [0.2, 0.25) is 5.91 Å². The van der Waals surface area contributed by atoms with Crippen LogP contribution in [0.25, 0.3) is 0 Å². The van der Waals surface area contributed by atoms with Crippen LogP contribution in [-0.2, 0) is 23.7 Å². The average molecular weight is 1190 g/mol. The van der Waals surface area contributed by atoms with E-state index in [4.69, 9.17) is 18.9 Å². The number of aliphatic hydroxyl groups is 8. The molecule has 0 bridgehead atoms. The Labute approximate surface area is 512 Å². The molecule has 14 heteroatoms. The summed E-state index contributed by atoms with van der Waals surface area (Å²) in [4.78, 5) is 13.3. The molecule has 0 saturated carbocycles. The van der Waals surface area contributed by atoms with Gasteiger partial charge in [0, 0.05) is 6.42 Å². The molecule has 0 aromatic heterocycles. The maximum Gasteiger partial charge on any atom is 0.220 e. The Hall–Kier alpha value is -4.39. The minimum Gasteiger partial charge on any atom is -0.394 e. The maximum atomic E-state index is 13.3. The molecule has 2 saturated heterocycles. The SMILES string of the molecule is CC/C=C\C/C=C\C/C=C\C/C=C\C/C=C\C/C=C\C/C=C\C/C=C\C/C=C\C/C=C\CCCCCCC(=O)NC(COC1OC(CO)C(OC2OC(CO)C(O)C(O)C2O)C(O)C1O)C(O)/C=C/CC/C=C/CC/C=C/CCCCCCCC. The molecule has 12 unspecified atom stereocenters. The van der Waals surface area contributed by atoms with E-state index in [-0.39, 0.29) is 18.9 Å². The van der Waals surface area contributed by atoms with Crippen molar-refractivity contribution >= 4 is 5.91 Å². The summed E-state index contributed by atoms with van der Waals surface area (Å²) in [6, 6.07) is -0.964. The fraction of sp³-hybridized carbons (Fsp3) is 0.620. The Kier molecular flexibility index (Phi) is 48.6. The maximum absolute atomic E-state index is 13.3. The highest BCUT2D eigenvalue weighted by Gasteiger charge is 2.51. The summed E-state index contributed by atoms with van der Waals surface area (Å²) >= 11 is 0. The highest BCUT2D eigenvalue weighted by Crippen LogP contribution is 2.30. The Morgan fingerprint density at radius 2 is 0.824 bits per heavy atom. The first-order valence-electron chi connectivity index (χ1n) is 32.2. The lowest BCUT2D eigenvalue weighted by Crippen LogP contribution is -2.65. The molecule has 0 radical (unpaired) electrons. The zero-order valence-electron chi connectivity index (χ0n) is 51.8. The standard InChI is InChI=1S/C71H113NO13/c1-3-5-7-9-11-13-15-17-19-21-22-23-24-25-26-27-28-29-30-31-32-33-34-35-36-37-38-39-41-43-45-47-49-51-53-55-63(76)72-59(60(75)54-52-50-48-46-44-42-40-20-18-16-14-12-10-8-6-4-2)58-82-70-68(81)66(79)69(62(57-74)84-70)85-71-67(80)65(78)64(77)61(56-73)83-71/h5,7,11,13,17-20,22-23,25-26,28-29,31-32,34-35,37-38,41,43-44,46,52,54,59-62,64-71,73-75,77-81H,3-4,6,8-10,12,14-16,21,24,27,30,33,36,39-40,42,45,47-51,53,55-58H2,1-2H3,(H,72,76)/b7-5-,13-11-,19-17-,20-18+,23-22-,26-25-,29-28-,32-31-,35-34-,38-37-,43-41-,46-44+,54-52+. The van der Waals surface area contributed by atoms with Gasteiger partial charge in [-0.05, 0) is 122 Å². The molecule has 0 aliphatic carbocycles. The Morgan fingerprint density at radius 3 is 1.29 bits per heavy atom. The van der Waals surface area contributed by atoms with Crippen LogP contribution in [0, 0.1) is 0 Å². The molecule has 2 heterocycles. The van der Waals surface area contributed by atoms with Crippen LogP contribution in [0.15, 0.2) is 158 Å². The van der Waals surface area contributed by atoms with Gasteiger partial charge in [-0.2, -0.15) is 0 Å². The van der Waals surface area contributed by atoms with Gasteiger partial charge in [0.15, 0.2) is 12.6 Å². The molecule has 9 N–H and O–H groups in total. The van der Waals surface area contributed by atoms with Gasteiger partial charge in [0.25, 0.3) is 0 Å². The number of carbonyl (C=O) groups is 1. The zero-order valence-corrected chi connectivity index (χ0v) is 51.8. The molecule has 2 fully saturated rings. The predicted molar refractivity (Wildman–Crippen MR) is 345 cm³/mol. The van der Waals surface area contributed by atoms with Crippen LogP contribution in [0.3, 0.4) is 0 Å². The lowest BCUT2D eigenvalue weighted by atomic mass is 9.97. The zero-order chi connectivity index (χ0) is 61.6. The minimum atomic E-state index is -1.80. The third-order valence-corrected chi connectivity index (χ3v) is 14.4. The van der Waals surface area contributed by atoms with Crippen LogP contribution in [0.1, 0.15) is 187 Å². The van der Waals surface area contributed by atoms with Gasteiger partial charge in [-0.1, -0.05) is 217 Å². The second-order valence-corrected chi connectivity index (χ2v) is 21.8. The molecule has 1 amide bonds. The number of allylic oxidation sites excluding steroid dienone is 25. The molecule has 480 valence electrons. The van der Waals surface area contributed by atoms with Crippen molar-refractivity contribution in [2.45, 2.75) is 261 Å². The van der Waals surface area contributed by atoms with Crippen molar-refractivity contribution in [3.05, 3.63) is 158 Å². The first-order chi connectivity index (χ1) is 41.6. The van der Waals surface area contributed by atoms with Crippen molar-refractivity contribution in [3.63, 3.8) is 0 Å². The first-order valence-corrected chi connectivity index (χ1v) is 32.2. The van der Waals surface area contributed by atoms with E-state index < -0.39 is 86.8 Å². The first kappa shape index (κ1) is 76.7. The van der Waals surface area contributed by atoms with Crippen LogP contribution in [0.2, 0.25) is 0 Å². The van der Waals surface area contributed by atoms with Crippen LogP contribution < -0.4 is 5.32 Å². The topological polar surface area (TPSA) is 228 Å². The van der Waals surface area contributed by atoms with Crippen molar-refractivity contribution < 1.29 is 64.6 Å². The van der Waals surface area contributed by atoms with Gasteiger partial charge in [-0.15, -0.1) is 0 Å². The summed E-state index contributed by atoms with van der Waals surface area (Å²) in [5.41, 5.74) is 0. The Bertz CT molecular complexity index is 2030. The number of hydrogen-bond donors (Lipinski definition) is 9. The summed E-state index contributed by atoms with van der Waals surface area (Å²) in [6.45, 7) is 2.60. The summed E-state index contributed by atoms with van der Waals surface area (Å²) in [7, 11) is 0. The lowest BCUT2D eigenvalue weighted by Gasteiger charge is -2.46. The highest BCUT2D eigenvalue weighted by molar-refractivity contribution is 5.76. The molecule has 2 rings (SSSR count). The second-order valence-electron chi connectivity index (χ2n) is 21.8. The van der Waals surface area contributed by atoms with Crippen molar-refractivity contribution in [2.24, 2.45) is 0 Å². The van der Waals surface area contributed by atoms with E-state index in [1.165, 1.54) is 38.5 Å². The summed E-state index contributed by atoms with van der Waals surface area (Å²) < 4.78 is 22.7. The van der Waals surface area contributed by atoms with Crippen molar-refractivity contribution in [1.82, 2.24) is 5.32 Å². The van der Waals surface area contributed by atoms with Crippen molar-refractivity contribution in [3.8, 4) is 0 Å². The fourth-order valence-corrected chi connectivity index (χ4v) is 9.29. The lowest BCUT2D eigenvalue weighted by molar-refractivity contribution is -0.359. The van der Waals surface area contributed by atoms with Crippen LogP contribution in [0.5, 0.6) is 0 Å². The van der Waals surface area contributed by atoms with Gasteiger partial charge in [0.05, 0.1) is 32.0 Å². The number of aliphatic hydroxyl groups excluding tert-OH is 8. The number of hydrogen-bond acceptors (Lipinski definition) is 13. The number of ether oxygens (including phenoxy) is 4. The normalized spacial score (nSPS) is 24.6. The monoisotopic (exact) mass is 1190 g/mol. The molecule has 0 aromatic carbocycles. The van der Waals surface area contributed by atoms with E-state index >= 15 is 0 Å². The van der Waals surface area contributed by atoms with E-state index in [1.54, 1.807) is 6.08 Å². The molecule has 0 aromatic rings. The van der Waals surface area contributed by atoms with Crippen LogP contribution in [0.4, 0.5) is 0 Å². The van der Waals surface area contributed by atoms with E-state index in [0.717, 1.165) is 116 Å². The Balaban J connectivity index is 1.73. The molecule has 85 heavy (non-hydrogen) atoms. The number of unbranched alkanes of at least 4 members (excludes halogenated alkanes) is 12. The van der Waals surface area contributed by atoms with Gasteiger partial charge < -0.3 is 65.1 Å². The van der Waals surface area contributed by atoms with Crippen LogP contribution >= 0.6 is 0 Å². The number of amides is 1. The summed E-state index contributed by atoms with van der Waals surface area (Å²) in [6.07, 6.45) is 65.7. The van der Waals surface area contributed by atoms with E-state index in [9.17, 15) is 45.6 Å². The van der Waals surface area contributed by atoms with E-state index in [0.29, 0.717) is 12.8 Å². The molecule has 2 aliphatic heterocycles. The third kappa shape index (κ3) is 38.5. The third-order valence-electron chi connectivity index (χ3n) is 14.4. The minimum absolute atomic E-state index is 0.229. The molecule has 12 atom stereocenters. The van der Waals surface area contributed by atoms with Gasteiger partial charge in [-0.25, -0.2) is 0 Å². The second kappa shape index (κ2) is 53.8. The highest BCUT2D eigenvalue weighted by atomic mass is 16.7. The average Bonchev–Trinajstić information content (AvgIpc) is 3.70. The molecular weight excluding hydrogens is 1070 g/mol. The summed E-state index contributed by atoms with van der Waals surface area (Å²) in [5.74, 6) is -0.286. The van der Waals surface area contributed by atoms with Gasteiger partial charge in [-0.3, -0.25) is 4.79 Å². The van der Waals surface area contributed by atoms with Crippen molar-refractivity contribution in [2.75, 3.05) is 19.8 Å². The predicted octanol–water partition coefficient (Wildman–Crippen LogP) is 12.3. The fourth-order valence-electron chi connectivity index (χ4n) is 9.29. The Morgan fingerprint density at radius 1 is 0.435 bits per heavy atom. The van der Waals surface area contributed by atoms with Gasteiger partial charge >= 0.3 is 0 Å². The van der Waals surface area contributed by atoms with Crippen LogP contribution in [-0.4, -0.2) is 140 Å². The van der Waals surface area contributed by atoms with E-state index in [2.05, 4.69) is 165 Å².